The van der Waals surface area contributed by atoms with Gasteiger partial charge in [-0.15, -0.1) is 6.58 Å². The molecule has 1 rings (SSSR count). The Balaban J connectivity index is 3.11. The van der Waals surface area contributed by atoms with Gasteiger partial charge in [0.15, 0.2) is 0 Å². The molecule has 0 aromatic heterocycles. The fraction of sp³-hybridized carbons (Fsp3) is 0.273. The van der Waals surface area contributed by atoms with Crippen LogP contribution in [0.5, 0.6) is 5.75 Å². The smallest absolute Gasteiger partial charge is 0.115 e. The van der Waals surface area contributed by atoms with Crippen LogP contribution in [0.3, 0.4) is 0 Å². The molecule has 0 fully saturated rings. The summed E-state index contributed by atoms with van der Waals surface area (Å²) in [4.78, 5) is 0. The number of allylic oxidation sites excluding steroid dienone is 1. The molecule has 0 aliphatic heterocycles. The maximum Gasteiger partial charge on any atom is 0.115 e. The van der Waals surface area contributed by atoms with E-state index in [-0.39, 0.29) is 5.41 Å². The standard InChI is InChI=1S/C11H14O/c1-4-11(2,3)9-6-5-7-10(12)8-9/h4-8,12H,1H2,2-3H3. The van der Waals surface area contributed by atoms with E-state index >= 15 is 0 Å². The van der Waals surface area contributed by atoms with E-state index in [4.69, 9.17) is 0 Å². The van der Waals surface area contributed by atoms with Crippen molar-refractivity contribution in [3.8, 4) is 5.75 Å². The lowest BCUT2D eigenvalue weighted by atomic mass is 9.85. The van der Waals surface area contributed by atoms with E-state index in [2.05, 4.69) is 20.4 Å². The molecule has 0 bridgehead atoms. The summed E-state index contributed by atoms with van der Waals surface area (Å²) < 4.78 is 0. The van der Waals surface area contributed by atoms with Gasteiger partial charge in [-0.2, -0.15) is 0 Å². The largest absolute Gasteiger partial charge is 0.508 e. The zero-order chi connectivity index (χ0) is 9.19. The Kier molecular flexibility index (Phi) is 2.22. The van der Waals surface area contributed by atoms with Crippen molar-refractivity contribution in [2.75, 3.05) is 0 Å². The first-order chi connectivity index (χ1) is 5.56. The molecule has 0 aliphatic carbocycles. The van der Waals surface area contributed by atoms with Crippen LogP contribution in [-0.2, 0) is 5.41 Å². The van der Waals surface area contributed by atoms with Crippen LogP contribution >= 0.6 is 0 Å². The molecule has 0 unspecified atom stereocenters. The van der Waals surface area contributed by atoms with Gasteiger partial charge in [0.2, 0.25) is 0 Å². The summed E-state index contributed by atoms with van der Waals surface area (Å²) in [6.45, 7) is 7.89. The van der Waals surface area contributed by atoms with Gasteiger partial charge in [0, 0.05) is 5.41 Å². The summed E-state index contributed by atoms with van der Waals surface area (Å²) in [5, 5.41) is 9.24. The molecule has 0 heterocycles. The summed E-state index contributed by atoms with van der Waals surface area (Å²) in [5.74, 6) is 0.308. The monoisotopic (exact) mass is 162 g/mol. The topological polar surface area (TPSA) is 20.2 Å². The highest BCUT2D eigenvalue weighted by atomic mass is 16.3. The SMILES string of the molecule is C=CC(C)(C)c1cccc(O)c1. The number of benzene rings is 1. The normalized spacial score (nSPS) is 11.2. The molecule has 0 saturated heterocycles. The van der Waals surface area contributed by atoms with Crippen LogP contribution in [0.2, 0.25) is 0 Å². The maximum absolute atomic E-state index is 9.24. The molecule has 0 amide bonds. The minimum Gasteiger partial charge on any atom is -0.508 e. The Bertz CT molecular complexity index is 287. The average molecular weight is 162 g/mol. The van der Waals surface area contributed by atoms with Gasteiger partial charge >= 0.3 is 0 Å². The number of phenolic OH excluding ortho intramolecular Hbond substituents is 1. The zero-order valence-corrected chi connectivity index (χ0v) is 7.54. The molecule has 1 N–H and O–H groups in total. The quantitative estimate of drug-likeness (QED) is 0.663. The molecule has 0 spiro atoms. The average Bonchev–Trinajstić information content (AvgIpc) is 2.05. The summed E-state index contributed by atoms with van der Waals surface area (Å²) in [7, 11) is 0. The predicted molar refractivity (Wildman–Crippen MR) is 51.3 cm³/mol. The van der Waals surface area contributed by atoms with Gasteiger partial charge in [-0.3, -0.25) is 0 Å². The van der Waals surface area contributed by atoms with Crippen molar-refractivity contribution >= 4 is 0 Å². The van der Waals surface area contributed by atoms with Crippen LogP contribution in [0.25, 0.3) is 0 Å². The first-order valence-corrected chi connectivity index (χ1v) is 3.99. The van der Waals surface area contributed by atoms with Gasteiger partial charge in [0.05, 0.1) is 0 Å². The Labute approximate surface area is 73.4 Å². The maximum atomic E-state index is 9.24. The van der Waals surface area contributed by atoms with Crippen molar-refractivity contribution in [2.45, 2.75) is 19.3 Å². The van der Waals surface area contributed by atoms with Crippen LogP contribution in [0.4, 0.5) is 0 Å². The Hall–Kier alpha value is -1.24. The van der Waals surface area contributed by atoms with E-state index in [0.29, 0.717) is 5.75 Å². The lowest BCUT2D eigenvalue weighted by molar-refractivity contribution is 0.472. The van der Waals surface area contributed by atoms with E-state index < -0.39 is 0 Å². The van der Waals surface area contributed by atoms with Gasteiger partial charge in [0.25, 0.3) is 0 Å². The molecule has 1 aromatic carbocycles. The zero-order valence-electron chi connectivity index (χ0n) is 7.54. The highest BCUT2D eigenvalue weighted by molar-refractivity contribution is 5.34. The minimum absolute atomic E-state index is 0.0707. The van der Waals surface area contributed by atoms with Crippen LogP contribution in [-0.4, -0.2) is 5.11 Å². The van der Waals surface area contributed by atoms with E-state index in [1.165, 1.54) is 0 Å². The second-order valence-electron chi connectivity index (χ2n) is 3.48. The molecule has 1 heteroatoms. The third-order valence-electron chi connectivity index (χ3n) is 2.10. The molecule has 64 valence electrons. The van der Waals surface area contributed by atoms with Gasteiger partial charge < -0.3 is 5.11 Å². The fourth-order valence-corrected chi connectivity index (χ4v) is 1.02. The second-order valence-corrected chi connectivity index (χ2v) is 3.48. The van der Waals surface area contributed by atoms with Crippen LogP contribution in [0.1, 0.15) is 19.4 Å². The molecule has 0 atom stereocenters. The number of phenols is 1. The van der Waals surface area contributed by atoms with E-state index in [1.54, 1.807) is 12.1 Å². The Morgan fingerprint density at radius 2 is 2.08 bits per heavy atom. The molecule has 1 aromatic rings. The van der Waals surface area contributed by atoms with E-state index in [0.717, 1.165) is 5.56 Å². The summed E-state index contributed by atoms with van der Waals surface area (Å²) >= 11 is 0. The fourth-order valence-electron chi connectivity index (χ4n) is 1.02. The lowest BCUT2D eigenvalue weighted by Gasteiger charge is -2.20. The van der Waals surface area contributed by atoms with Gasteiger partial charge in [-0.25, -0.2) is 0 Å². The van der Waals surface area contributed by atoms with Crippen LogP contribution in [0.15, 0.2) is 36.9 Å². The van der Waals surface area contributed by atoms with E-state index in [1.807, 2.05) is 18.2 Å². The first-order valence-electron chi connectivity index (χ1n) is 3.99. The first kappa shape index (κ1) is 8.85. The van der Waals surface area contributed by atoms with Crippen LogP contribution < -0.4 is 0 Å². The summed E-state index contributed by atoms with van der Waals surface area (Å²) in [6.07, 6.45) is 1.88. The molecule has 0 radical (unpaired) electrons. The minimum atomic E-state index is -0.0707. The summed E-state index contributed by atoms with van der Waals surface area (Å²) in [6, 6.07) is 7.27. The number of rotatable bonds is 2. The molecule has 1 nitrogen and oxygen atoms in total. The highest BCUT2D eigenvalue weighted by Gasteiger charge is 2.15. The van der Waals surface area contributed by atoms with Crippen LogP contribution in [0, 0.1) is 0 Å². The van der Waals surface area contributed by atoms with Gasteiger partial charge in [0.1, 0.15) is 5.75 Å². The van der Waals surface area contributed by atoms with Gasteiger partial charge in [-0.05, 0) is 17.7 Å². The number of aromatic hydroxyl groups is 1. The summed E-state index contributed by atoms with van der Waals surface area (Å²) in [5.41, 5.74) is 1.01. The van der Waals surface area contributed by atoms with Crippen molar-refractivity contribution in [1.82, 2.24) is 0 Å². The molecule has 0 saturated carbocycles. The van der Waals surface area contributed by atoms with Crippen molar-refractivity contribution in [2.24, 2.45) is 0 Å². The third-order valence-corrected chi connectivity index (χ3v) is 2.10. The Morgan fingerprint density at radius 1 is 1.42 bits per heavy atom. The predicted octanol–water partition coefficient (Wildman–Crippen LogP) is 2.86. The van der Waals surface area contributed by atoms with E-state index in [9.17, 15) is 5.11 Å². The molecule has 0 aliphatic rings. The molecular weight excluding hydrogens is 148 g/mol. The van der Waals surface area contributed by atoms with Gasteiger partial charge in [-0.1, -0.05) is 32.1 Å². The molecule has 12 heavy (non-hydrogen) atoms. The number of hydrogen-bond acceptors (Lipinski definition) is 1. The van der Waals surface area contributed by atoms with Crippen molar-refractivity contribution in [1.29, 1.82) is 0 Å². The van der Waals surface area contributed by atoms with Crippen molar-refractivity contribution in [3.05, 3.63) is 42.5 Å². The van der Waals surface area contributed by atoms with Crippen molar-refractivity contribution in [3.63, 3.8) is 0 Å². The Morgan fingerprint density at radius 3 is 2.58 bits per heavy atom. The highest BCUT2D eigenvalue weighted by Crippen LogP contribution is 2.26. The third kappa shape index (κ3) is 1.67. The lowest BCUT2D eigenvalue weighted by Crippen LogP contribution is -2.12. The second kappa shape index (κ2) is 3.02. The van der Waals surface area contributed by atoms with Crippen molar-refractivity contribution < 1.29 is 5.11 Å². The number of hydrogen-bond donors (Lipinski definition) is 1. The molecular formula is C11H14O.